The first kappa shape index (κ1) is 23.0. The lowest BCUT2D eigenvalue weighted by molar-refractivity contribution is 0.0996. The van der Waals surface area contributed by atoms with E-state index in [1.54, 1.807) is 19.2 Å². The van der Waals surface area contributed by atoms with Crippen molar-refractivity contribution in [2.75, 3.05) is 18.9 Å². The van der Waals surface area contributed by atoms with Crippen molar-refractivity contribution in [2.24, 2.45) is 10.9 Å². The van der Waals surface area contributed by atoms with Gasteiger partial charge in [0.05, 0.1) is 6.26 Å². The number of amides is 1. The highest BCUT2D eigenvalue weighted by atomic mass is 127. The van der Waals surface area contributed by atoms with E-state index in [9.17, 15) is 4.79 Å². The first-order valence-electron chi connectivity index (χ1n) is 8.97. The highest BCUT2D eigenvalue weighted by Gasteiger charge is 2.08. The highest BCUT2D eigenvalue weighted by molar-refractivity contribution is 14.0. The predicted octanol–water partition coefficient (Wildman–Crippen LogP) is 4.25. The molecule has 0 aliphatic rings. The zero-order valence-corrected chi connectivity index (χ0v) is 18.4. The van der Waals surface area contributed by atoms with Crippen LogP contribution < -0.4 is 16.0 Å². The summed E-state index contributed by atoms with van der Waals surface area (Å²) in [6.45, 7) is 6.04. The third-order valence-electron chi connectivity index (χ3n) is 3.89. The van der Waals surface area contributed by atoms with Gasteiger partial charge in [-0.25, -0.2) is 0 Å². The molecule has 0 saturated carbocycles. The van der Waals surface area contributed by atoms with Crippen LogP contribution in [-0.2, 0) is 6.54 Å². The van der Waals surface area contributed by atoms with Gasteiger partial charge >= 0.3 is 0 Å². The molecule has 0 unspecified atom stereocenters. The number of hydrogen-bond donors (Lipinski definition) is 3. The van der Waals surface area contributed by atoms with Gasteiger partial charge in [-0.15, -0.1) is 24.0 Å². The number of rotatable bonds is 8. The Kier molecular flexibility index (Phi) is 10.5. The second-order valence-electron chi connectivity index (χ2n) is 6.52. The fraction of sp³-hybridized carbons (Fsp3) is 0.400. The Labute approximate surface area is 178 Å². The Hall–Kier alpha value is -2.03. The number of carbonyl (C=O) groups excluding carboxylic acids is 1. The Morgan fingerprint density at radius 2 is 1.89 bits per heavy atom. The lowest BCUT2D eigenvalue weighted by Crippen LogP contribution is -2.37. The van der Waals surface area contributed by atoms with E-state index in [1.165, 1.54) is 12.7 Å². The average molecular weight is 484 g/mol. The molecule has 2 rings (SSSR count). The summed E-state index contributed by atoms with van der Waals surface area (Å²) < 4.78 is 5.08. The van der Waals surface area contributed by atoms with E-state index in [2.05, 4.69) is 34.8 Å². The number of aliphatic imine (C=N–C) groups is 1. The van der Waals surface area contributed by atoms with E-state index in [1.807, 2.05) is 24.3 Å². The zero-order valence-electron chi connectivity index (χ0n) is 16.1. The number of carbonyl (C=O) groups is 1. The van der Waals surface area contributed by atoms with Crippen LogP contribution in [-0.4, -0.2) is 25.5 Å². The van der Waals surface area contributed by atoms with Gasteiger partial charge in [0.1, 0.15) is 0 Å². The molecule has 0 atom stereocenters. The molecule has 0 saturated heterocycles. The summed E-state index contributed by atoms with van der Waals surface area (Å²) in [5.41, 5.74) is 1.83. The summed E-state index contributed by atoms with van der Waals surface area (Å²) >= 11 is 0. The fourth-order valence-electron chi connectivity index (χ4n) is 2.43. The molecular formula is C20H29IN4O2. The SMILES string of the molecule is CN=C(NCCCC(C)C)NCc1ccc(NC(=O)c2ccco2)cc1.I. The van der Waals surface area contributed by atoms with Crippen molar-refractivity contribution in [3.8, 4) is 0 Å². The Morgan fingerprint density at radius 3 is 2.48 bits per heavy atom. The summed E-state index contributed by atoms with van der Waals surface area (Å²) in [6, 6.07) is 11.0. The third-order valence-corrected chi connectivity index (χ3v) is 3.89. The molecule has 1 heterocycles. The quantitative estimate of drug-likeness (QED) is 0.227. The van der Waals surface area contributed by atoms with Crippen LogP contribution >= 0.6 is 24.0 Å². The summed E-state index contributed by atoms with van der Waals surface area (Å²) in [4.78, 5) is 16.2. The maximum absolute atomic E-state index is 11.9. The van der Waals surface area contributed by atoms with Crippen LogP contribution in [0, 0.1) is 5.92 Å². The maximum Gasteiger partial charge on any atom is 0.291 e. The minimum Gasteiger partial charge on any atom is -0.459 e. The monoisotopic (exact) mass is 484 g/mol. The smallest absolute Gasteiger partial charge is 0.291 e. The summed E-state index contributed by atoms with van der Waals surface area (Å²) in [5.74, 6) is 1.55. The molecule has 3 N–H and O–H groups in total. The number of guanidine groups is 1. The van der Waals surface area contributed by atoms with Gasteiger partial charge in [0.25, 0.3) is 5.91 Å². The minimum atomic E-state index is -0.258. The standard InChI is InChI=1S/C20H28N4O2.HI/c1-15(2)6-4-12-22-20(21-3)23-14-16-8-10-17(11-9-16)24-19(25)18-7-5-13-26-18;/h5,7-11,13,15H,4,6,12,14H2,1-3H3,(H,24,25)(H2,21,22,23);1H. The molecular weight excluding hydrogens is 455 g/mol. The lowest BCUT2D eigenvalue weighted by atomic mass is 10.1. The number of nitrogens with zero attached hydrogens (tertiary/aromatic N) is 1. The van der Waals surface area contributed by atoms with Crippen molar-refractivity contribution >= 4 is 41.5 Å². The Bertz CT molecular complexity index is 697. The van der Waals surface area contributed by atoms with Crippen LogP contribution in [0.2, 0.25) is 0 Å². The van der Waals surface area contributed by atoms with Crippen molar-refractivity contribution in [3.63, 3.8) is 0 Å². The van der Waals surface area contributed by atoms with Crippen LogP contribution in [0.5, 0.6) is 0 Å². The first-order chi connectivity index (χ1) is 12.6. The molecule has 0 spiro atoms. The molecule has 27 heavy (non-hydrogen) atoms. The van der Waals surface area contributed by atoms with Crippen molar-refractivity contribution in [1.29, 1.82) is 0 Å². The fourth-order valence-corrected chi connectivity index (χ4v) is 2.43. The van der Waals surface area contributed by atoms with Gasteiger partial charge in [-0.3, -0.25) is 9.79 Å². The normalized spacial score (nSPS) is 11.0. The van der Waals surface area contributed by atoms with Gasteiger partial charge in [-0.1, -0.05) is 26.0 Å². The molecule has 0 aliphatic heterocycles. The number of benzene rings is 1. The van der Waals surface area contributed by atoms with Crippen molar-refractivity contribution in [2.45, 2.75) is 33.2 Å². The number of furan rings is 1. The Morgan fingerprint density at radius 1 is 1.15 bits per heavy atom. The topological polar surface area (TPSA) is 78.7 Å². The maximum atomic E-state index is 11.9. The van der Waals surface area contributed by atoms with Crippen LogP contribution in [0.25, 0.3) is 0 Å². The van der Waals surface area contributed by atoms with Gasteiger partial charge in [0, 0.05) is 25.8 Å². The van der Waals surface area contributed by atoms with Gasteiger partial charge in [-0.2, -0.15) is 0 Å². The highest BCUT2D eigenvalue weighted by Crippen LogP contribution is 2.11. The van der Waals surface area contributed by atoms with Crippen LogP contribution in [0.15, 0.2) is 52.1 Å². The van der Waals surface area contributed by atoms with Gasteiger partial charge in [0.15, 0.2) is 11.7 Å². The molecule has 1 aromatic heterocycles. The number of hydrogen-bond acceptors (Lipinski definition) is 3. The van der Waals surface area contributed by atoms with Crippen molar-refractivity contribution in [1.82, 2.24) is 10.6 Å². The minimum absolute atomic E-state index is 0. The second-order valence-corrected chi connectivity index (χ2v) is 6.52. The van der Waals surface area contributed by atoms with E-state index < -0.39 is 0 Å². The molecule has 0 bridgehead atoms. The zero-order chi connectivity index (χ0) is 18.8. The van der Waals surface area contributed by atoms with Gasteiger partial charge in [0.2, 0.25) is 0 Å². The average Bonchev–Trinajstić information content (AvgIpc) is 3.17. The molecule has 148 valence electrons. The van der Waals surface area contributed by atoms with E-state index in [-0.39, 0.29) is 29.9 Å². The van der Waals surface area contributed by atoms with Gasteiger partial charge < -0.3 is 20.4 Å². The molecule has 1 amide bonds. The molecule has 7 heteroatoms. The Balaban J connectivity index is 0.00000364. The molecule has 0 fully saturated rings. The largest absolute Gasteiger partial charge is 0.459 e. The van der Waals surface area contributed by atoms with Crippen LogP contribution in [0.3, 0.4) is 0 Å². The van der Waals surface area contributed by atoms with Gasteiger partial charge in [-0.05, 0) is 48.6 Å². The first-order valence-corrected chi connectivity index (χ1v) is 8.97. The summed E-state index contributed by atoms with van der Waals surface area (Å²) in [7, 11) is 1.77. The third kappa shape index (κ3) is 8.47. The number of nitrogens with one attached hydrogen (secondary N) is 3. The van der Waals surface area contributed by atoms with E-state index in [0.29, 0.717) is 12.3 Å². The summed E-state index contributed by atoms with van der Waals surface area (Å²) in [6.07, 6.45) is 3.81. The second kappa shape index (κ2) is 12.4. The molecule has 2 aromatic rings. The van der Waals surface area contributed by atoms with Crippen LogP contribution in [0.1, 0.15) is 42.8 Å². The molecule has 0 aliphatic carbocycles. The number of anilines is 1. The summed E-state index contributed by atoms with van der Waals surface area (Å²) in [5, 5.41) is 9.41. The van der Waals surface area contributed by atoms with Crippen molar-refractivity contribution < 1.29 is 9.21 Å². The molecule has 6 nitrogen and oxygen atoms in total. The van der Waals surface area contributed by atoms with E-state index >= 15 is 0 Å². The lowest BCUT2D eigenvalue weighted by Gasteiger charge is -2.13. The number of halogens is 1. The van der Waals surface area contributed by atoms with E-state index in [4.69, 9.17) is 4.42 Å². The van der Waals surface area contributed by atoms with Crippen LogP contribution in [0.4, 0.5) is 5.69 Å². The van der Waals surface area contributed by atoms with Crippen molar-refractivity contribution in [3.05, 3.63) is 54.0 Å². The molecule has 0 radical (unpaired) electrons. The van der Waals surface area contributed by atoms with E-state index in [0.717, 1.165) is 36.1 Å². The predicted molar refractivity (Wildman–Crippen MR) is 121 cm³/mol. The molecule has 1 aromatic carbocycles.